The first-order valence-electron chi connectivity index (χ1n) is 11.7. The molecule has 0 unspecified atom stereocenters. The molecule has 0 aliphatic rings. The maximum Gasteiger partial charge on any atom is 0.333 e. The molecular formula is C27H41N3O3. The van der Waals surface area contributed by atoms with Crippen molar-refractivity contribution in [2.75, 3.05) is 13.6 Å². The maximum absolute atomic E-state index is 11.6. The predicted molar refractivity (Wildman–Crippen MR) is 138 cm³/mol. The Morgan fingerprint density at radius 3 is 1.61 bits per heavy atom. The molecule has 0 spiro atoms. The standard InChI is InChI=1S/C27H41N3O3/c1-3-4-5-6-7-8-9-10-11-12-13-14-15-16-17-18-19-20-21-22-23-25(31)33-26(32)24-30(2)27(28)29/h4-5,7-8,10-11,13-14,16-17,19-20H,3,6,9,12,15,18,21-24H2,1-2H3,(H3,28,29)/b5-4-,8-7-,11-10-,14-13-,17-16-,20-19?. The molecular weight excluding hydrogens is 414 g/mol. The topological polar surface area (TPSA) is 96.5 Å². The van der Waals surface area contributed by atoms with Crippen LogP contribution in [-0.2, 0) is 14.3 Å². The van der Waals surface area contributed by atoms with Crippen molar-refractivity contribution in [2.45, 2.75) is 64.7 Å². The molecule has 0 atom stereocenters. The van der Waals surface area contributed by atoms with Crippen LogP contribution in [0.1, 0.15) is 64.7 Å². The van der Waals surface area contributed by atoms with Crippen molar-refractivity contribution < 1.29 is 14.3 Å². The van der Waals surface area contributed by atoms with Gasteiger partial charge in [0, 0.05) is 13.5 Å². The van der Waals surface area contributed by atoms with Crippen molar-refractivity contribution in [3.05, 3.63) is 72.9 Å². The smallest absolute Gasteiger partial charge is 0.333 e. The first kappa shape index (κ1) is 29.9. The van der Waals surface area contributed by atoms with Crippen molar-refractivity contribution in [3.8, 4) is 0 Å². The Bertz CT molecular complexity index is 731. The third-order valence-electron chi connectivity index (χ3n) is 4.35. The molecule has 0 radical (unpaired) electrons. The zero-order valence-corrected chi connectivity index (χ0v) is 20.2. The Labute approximate surface area is 199 Å². The van der Waals surface area contributed by atoms with Gasteiger partial charge in [0.15, 0.2) is 5.96 Å². The van der Waals surface area contributed by atoms with Gasteiger partial charge in [0.1, 0.15) is 6.54 Å². The van der Waals surface area contributed by atoms with Crippen LogP contribution >= 0.6 is 0 Å². The molecule has 0 aromatic carbocycles. The number of hydrogen-bond acceptors (Lipinski definition) is 4. The van der Waals surface area contributed by atoms with Crippen LogP contribution < -0.4 is 5.73 Å². The molecule has 0 heterocycles. The van der Waals surface area contributed by atoms with Crippen LogP contribution in [0.2, 0.25) is 0 Å². The molecule has 6 nitrogen and oxygen atoms in total. The second-order valence-corrected chi connectivity index (χ2v) is 7.39. The van der Waals surface area contributed by atoms with E-state index in [1.807, 2.05) is 6.08 Å². The minimum Gasteiger partial charge on any atom is -0.392 e. The van der Waals surface area contributed by atoms with E-state index in [1.165, 1.54) is 11.9 Å². The minimum absolute atomic E-state index is 0.182. The summed E-state index contributed by atoms with van der Waals surface area (Å²) in [5, 5.41) is 7.17. The average Bonchev–Trinajstić information content (AvgIpc) is 2.77. The fourth-order valence-corrected chi connectivity index (χ4v) is 2.49. The summed E-state index contributed by atoms with van der Waals surface area (Å²) in [6, 6.07) is 0. The van der Waals surface area contributed by atoms with Gasteiger partial charge in [-0.2, -0.15) is 0 Å². The second kappa shape index (κ2) is 22.1. The lowest BCUT2D eigenvalue weighted by Gasteiger charge is -2.14. The number of guanidine groups is 1. The van der Waals surface area contributed by atoms with Crippen LogP contribution in [0.5, 0.6) is 0 Å². The number of ether oxygens (including phenoxy) is 1. The number of hydrogen-bond donors (Lipinski definition) is 2. The summed E-state index contributed by atoms with van der Waals surface area (Å²) >= 11 is 0. The van der Waals surface area contributed by atoms with Gasteiger partial charge in [0.25, 0.3) is 0 Å². The van der Waals surface area contributed by atoms with Crippen LogP contribution in [0.15, 0.2) is 72.9 Å². The summed E-state index contributed by atoms with van der Waals surface area (Å²) in [5.74, 6) is -1.51. The number of unbranched alkanes of at least 4 members (excludes halogenated alkanes) is 1. The van der Waals surface area contributed by atoms with Gasteiger partial charge >= 0.3 is 11.9 Å². The first-order chi connectivity index (χ1) is 16.0. The second-order valence-electron chi connectivity index (χ2n) is 7.39. The van der Waals surface area contributed by atoms with Gasteiger partial charge in [-0.3, -0.25) is 10.2 Å². The zero-order chi connectivity index (χ0) is 24.6. The number of nitrogens with two attached hydrogens (primary N) is 1. The number of rotatable bonds is 17. The van der Waals surface area contributed by atoms with E-state index in [2.05, 4.69) is 78.5 Å². The fourth-order valence-electron chi connectivity index (χ4n) is 2.49. The third-order valence-corrected chi connectivity index (χ3v) is 4.35. The van der Waals surface area contributed by atoms with Gasteiger partial charge in [-0.25, -0.2) is 4.79 Å². The van der Waals surface area contributed by atoms with Gasteiger partial charge in [-0.1, -0.05) is 79.8 Å². The molecule has 0 aliphatic carbocycles. The molecule has 0 rings (SSSR count). The molecule has 0 amide bonds. The van der Waals surface area contributed by atoms with E-state index in [9.17, 15) is 9.59 Å². The quantitative estimate of drug-likeness (QED) is 0.0727. The molecule has 33 heavy (non-hydrogen) atoms. The van der Waals surface area contributed by atoms with E-state index < -0.39 is 11.9 Å². The molecule has 0 saturated heterocycles. The molecule has 0 bridgehead atoms. The molecule has 0 aliphatic heterocycles. The van der Waals surface area contributed by atoms with Crippen LogP contribution in [0.4, 0.5) is 0 Å². The Kier molecular flexibility index (Phi) is 20.0. The molecule has 0 fully saturated rings. The SMILES string of the molecule is CC/C=C\C/C=C\C/C=C\C/C=C\C/C=C\CC=CCCCC(=O)OC(=O)CN(C)C(=N)N. The van der Waals surface area contributed by atoms with Crippen LogP contribution in [-0.4, -0.2) is 36.4 Å². The lowest BCUT2D eigenvalue weighted by molar-refractivity contribution is -0.159. The predicted octanol–water partition coefficient (Wildman–Crippen LogP) is 5.75. The monoisotopic (exact) mass is 455 g/mol. The minimum atomic E-state index is -0.702. The number of nitrogens with zero attached hydrogens (tertiary/aromatic N) is 1. The number of carbonyl (C=O) groups excluding carboxylic acids is 2. The summed E-state index contributed by atoms with van der Waals surface area (Å²) in [4.78, 5) is 24.3. The lowest BCUT2D eigenvalue weighted by atomic mass is 10.2. The van der Waals surface area contributed by atoms with Crippen LogP contribution in [0, 0.1) is 5.41 Å². The summed E-state index contributed by atoms with van der Waals surface area (Å²) < 4.78 is 4.69. The van der Waals surface area contributed by atoms with Crippen molar-refractivity contribution in [1.82, 2.24) is 4.90 Å². The first-order valence-corrected chi connectivity index (χ1v) is 11.7. The largest absolute Gasteiger partial charge is 0.392 e. The average molecular weight is 456 g/mol. The molecule has 0 saturated carbocycles. The lowest BCUT2D eigenvalue weighted by Crippen LogP contribution is -2.37. The van der Waals surface area contributed by atoms with Gasteiger partial charge in [0.05, 0.1) is 0 Å². The Hall–Kier alpha value is -3.15. The van der Waals surface area contributed by atoms with Gasteiger partial charge in [-0.05, 0) is 51.4 Å². The van der Waals surface area contributed by atoms with Gasteiger partial charge in [-0.15, -0.1) is 0 Å². The summed E-state index contributed by atoms with van der Waals surface area (Å²) in [7, 11) is 1.48. The van der Waals surface area contributed by atoms with E-state index in [1.54, 1.807) is 0 Å². The molecule has 6 heteroatoms. The Morgan fingerprint density at radius 2 is 1.18 bits per heavy atom. The van der Waals surface area contributed by atoms with E-state index in [0.717, 1.165) is 44.9 Å². The molecule has 0 aromatic rings. The normalized spacial score (nSPS) is 12.3. The number of nitrogens with one attached hydrogen (secondary N) is 1. The maximum atomic E-state index is 11.6. The number of esters is 2. The van der Waals surface area contributed by atoms with E-state index in [4.69, 9.17) is 11.1 Å². The van der Waals surface area contributed by atoms with E-state index in [0.29, 0.717) is 6.42 Å². The fraction of sp³-hybridized carbons (Fsp3) is 0.444. The highest BCUT2D eigenvalue weighted by atomic mass is 16.6. The summed E-state index contributed by atoms with van der Waals surface area (Å²) in [6.07, 6.45) is 33.2. The number of carbonyl (C=O) groups is 2. The van der Waals surface area contributed by atoms with Crippen molar-refractivity contribution in [1.29, 1.82) is 5.41 Å². The number of likely N-dealkylation sites (N-methyl/N-ethyl adjacent to an activating group) is 1. The molecule has 3 N–H and O–H groups in total. The van der Waals surface area contributed by atoms with E-state index >= 15 is 0 Å². The van der Waals surface area contributed by atoms with Crippen molar-refractivity contribution in [3.63, 3.8) is 0 Å². The van der Waals surface area contributed by atoms with Crippen LogP contribution in [0.3, 0.4) is 0 Å². The Morgan fingerprint density at radius 1 is 0.758 bits per heavy atom. The number of allylic oxidation sites excluding steroid dienone is 12. The Balaban J connectivity index is 3.69. The van der Waals surface area contributed by atoms with Crippen molar-refractivity contribution in [2.24, 2.45) is 5.73 Å². The van der Waals surface area contributed by atoms with Gasteiger partial charge in [0.2, 0.25) is 0 Å². The highest BCUT2D eigenvalue weighted by Gasteiger charge is 2.13. The third kappa shape index (κ3) is 21.9. The van der Waals surface area contributed by atoms with E-state index in [-0.39, 0.29) is 18.9 Å². The molecule has 182 valence electrons. The highest BCUT2D eigenvalue weighted by molar-refractivity contribution is 5.88. The summed E-state index contributed by atoms with van der Waals surface area (Å²) in [5.41, 5.74) is 5.23. The molecule has 0 aromatic heterocycles. The highest BCUT2D eigenvalue weighted by Crippen LogP contribution is 2.01. The van der Waals surface area contributed by atoms with Crippen LogP contribution in [0.25, 0.3) is 0 Å². The van der Waals surface area contributed by atoms with Crippen molar-refractivity contribution >= 4 is 17.9 Å². The zero-order valence-electron chi connectivity index (χ0n) is 20.2. The van der Waals surface area contributed by atoms with Gasteiger partial charge < -0.3 is 15.4 Å². The summed E-state index contributed by atoms with van der Waals surface area (Å²) in [6.45, 7) is 1.93.